The van der Waals surface area contributed by atoms with E-state index in [0.717, 1.165) is 28.6 Å². The van der Waals surface area contributed by atoms with Crippen LogP contribution in [0.1, 0.15) is 35.6 Å². The van der Waals surface area contributed by atoms with E-state index in [2.05, 4.69) is 45.5 Å². The lowest BCUT2D eigenvalue weighted by atomic mass is 9.87. The summed E-state index contributed by atoms with van der Waals surface area (Å²) in [6.07, 6.45) is 3.49. The van der Waals surface area contributed by atoms with E-state index in [0.29, 0.717) is 11.0 Å². The summed E-state index contributed by atoms with van der Waals surface area (Å²) in [5.41, 5.74) is 10.6. The number of thiocarbonyl (C=S) groups is 1. The van der Waals surface area contributed by atoms with Crippen molar-refractivity contribution in [2.24, 2.45) is 5.73 Å². The quantitative estimate of drug-likeness (QED) is 0.787. The molecule has 1 unspecified atom stereocenters. The maximum atomic E-state index is 5.88. The number of nitrogens with two attached hydrogens (primary N) is 1. The predicted octanol–water partition coefficient (Wildman–Crippen LogP) is 4.57. The van der Waals surface area contributed by atoms with Gasteiger partial charge in [-0.2, -0.15) is 0 Å². The second-order valence-electron chi connectivity index (χ2n) is 5.31. The molecule has 0 fully saturated rings. The van der Waals surface area contributed by atoms with Gasteiger partial charge in [0, 0.05) is 15.7 Å². The van der Waals surface area contributed by atoms with Gasteiger partial charge in [-0.25, -0.2) is 0 Å². The standard InChI is InChI=1S/C17H17BrN2S/c18-13-8-4-10-15(16(13)17(19)21)20-14-9-3-6-11-5-1-2-7-12(11)14/h1-2,4-5,7-8,10,14,20H,3,6,9H2,(H2,19,21). The topological polar surface area (TPSA) is 38.0 Å². The van der Waals surface area contributed by atoms with Gasteiger partial charge in [-0.15, -0.1) is 0 Å². The van der Waals surface area contributed by atoms with Crippen molar-refractivity contribution in [2.75, 3.05) is 5.32 Å². The van der Waals surface area contributed by atoms with E-state index in [1.807, 2.05) is 18.2 Å². The normalized spacial score (nSPS) is 17.1. The summed E-state index contributed by atoms with van der Waals surface area (Å²) in [7, 11) is 0. The molecule has 0 saturated heterocycles. The Bertz CT molecular complexity index is 684. The van der Waals surface area contributed by atoms with E-state index >= 15 is 0 Å². The third-order valence-electron chi connectivity index (χ3n) is 3.96. The fourth-order valence-corrected chi connectivity index (χ4v) is 3.92. The molecule has 0 bridgehead atoms. The Morgan fingerprint density at radius 2 is 2.00 bits per heavy atom. The maximum Gasteiger partial charge on any atom is 0.107 e. The Hall–Kier alpha value is -1.39. The fourth-order valence-electron chi connectivity index (χ4n) is 2.99. The summed E-state index contributed by atoms with van der Waals surface area (Å²) in [5, 5.41) is 3.63. The van der Waals surface area contributed by atoms with Crippen LogP contribution < -0.4 is 11.1 Å². The molecule has 21 heavy (non-hydrogen) atoms. The molecule has 108 valence electrons. The van der Waals surface area contributed by atoms with Gasteiger partial charge in [0.25, 0.3) is 0 Å². The van der Waals surface area contributed by atoms with Gasteiger partial charge in [-0.1, -0.05) is 42.5 Å². The molecule has 0 saturated carbocycles. The van der Waals surface area contributed by atoms with Gasteiger partial charge in [0.1, 0.15) is 4.99 Å². The van der Waals surface area contributed by atoms with Crippen LogP contribution in [0.2, 0.25) is 0 Å². The van der Waals surface area contributed by atoms with Crippen molar-refractivity contribution in [2.45, 2.75) is 25.3 Å². The van der Waals surface area contributed by atoms with Gasteiger partial charge < -0.3 is 11.1 Å². The predicted molar refractivity (Wildman–Crippen MR) is 95.8 cm³/mol. The molecule has 1 atom stereocenters. The van der Waals surface area contributed by atoms with Crippen LogP contribution in [-0.2, 0) is 6.42 Å². The molecule has 2 aromatic rings. The van der Waals surface area contributed by atoms with Crippen LogP contribution >= 0.6 is 28.1 Å². The monoisotopic (exact) mass is 360 g/mol. The van der Waals surface area contributed by atoms with Gasteiger partial charge in [-0.05, 0) is 58.5 Å². The first kappa shape index (κ1) is 14.5. The van der Waals surface area contributed by atoms with Gasteiger partial charge in [0.15, 0.2) is 0 Å². The summed E-state index contributed by atoms with van der Waals surface area (Å²) < 4.78 is 0.934. The number of anilines is 1. The van der Waals surface area contributed by atoms with E-state index in [-0.39, 0.29) is 0 Å². The summed E-state index contributed by atoms with van der Waals surface area (Å²) in [6.45, 7) is 0. The first-order valence-electron chi connectivity index (χ1n) is 7.09. The molecule has 0 radical (unpaired) electrons. The summed E-state index contributed by atoms with van der Waals surface area (Å²) in [5.74, 6) is 0. The largest absolute Gasteiger partial charge is 0.389 e. The molecule has 0 amide bonds. The maximum absolute atomic E-state index is 5.88. The number of fused-ring (bicyclic) bond motifs is 1. The van der Waals surface area contributed by atoms with Gasteiger partial charge in [0.2, 0.25) is 0 Å². The third-order valence-corrected chi connectivity index (χ3v) is 4.82. The van der Waals surface area contributed by atoms with Crippen molar-refractivity contribution >= 4 is 38.8 Å². The number of rotatable bonds is 3. The second kappa shape index (κ2) is 6.16. The Labute approximate surface area is 138 Å². The third kappa shape index (κ3) is 2.97. The van der Waals surface area contributed by atoms with Crippen molar-refractivity contribution < 1.29 is 0 Å². The molecule has 2 aromatic carbocycles. The molecule has 2 nitrogen and oxygen atoms in total. The van der Waals surface area contributed by atoms with Crippen molar-refractivity contribution in [3.05, 3.63) is 63.6 Å². The Morgan fingerprint density at radius 3 is 2.81 bits per heavy atom. The van der Waals surface area contributed by atoms with E-state index in [9.17, 15) is 0 Å². The molecular formula is C17H17BrN2S. The van der Waals surface area contributed by atoms with Gasteiger partial charge >= 0.3 is 0 Å². The van der Waals surface area contributed by atoms with Crippen LogP contribution in [0.25, 0.3) is 0 Å². The molecule has 1 aliphatic rings. The lowest BCUT2D eigenvalue weighted by Crippen LogP contribution is -2.20. The highest BCUT2D eigenvalue weighted by Gasteiger charge is 2.21. The molecule has 1 aliphatic carbocycles. The smallest absolute Gasteiger partial charge is 0.107 e. The molecule has 0 aromatic heterocycles. The minimum Gasteiger partial charge on any atom is -0.389 e. The number of aryl methyl sites for hydroxylation is 1. The van der Waals surface area contributed by atoms with Crippen molar-refractivity contribution in [3.8, 4) is 0 Å². The molecule has 0 heterocycles. The Balaban J connectivity index is 1.96. The van der Waals surface area contributed by atoms with Crippen LogP contribution in [-0.4, -0.2) is 4.99 Å². The van der Waals surface area contributed by atoms with Crippen LogP contribution in [0.3, 0.4) is 0 Å². The minimum atomic E-state index is 0.317. The second-order valence-corrected chi connectivity index (χ2v) is 6.61. The zero-order chi connectivity index (χ0) is 14.8. The van der Waals surface area contributed by atoms with Crippen LogP contribution in [0.5, 0.6) is 0 Å². The lowest BCUT2D eigenvalue weighted by Gasteiger charge is -2.28. The first-order chi connectivity index (χ1) is 10.2. The fraction of sp³-hybridized carbons (Fsp3) is 0.235. The van der Waals surface area contributed by atoms with E-state index < -0.39 is 0 Å². The van der Waals surface area contributed by atoms with Crippen molar-refractivity contribution in [3.63, 3.8) is 0 Å². The number of nitrogens with one attached hydrogen (secondary N) is 1. The molecule has 0 aliphatic heterocycles. The average Bonchev–Trinajstić information content (AvgIpc) is 2.47. The minimum absolute atomic E-state index is 0.317. The highest BCUT2D eigenvalue weighted by molar-refractivity contribution is 9.10. The highest BCUT2D eigenvalue weighted by atomic mass is 79.9. The zero-order valence-electron chi connectivity index (χ0n) is 11.6. The average molecular weight is 361 g/mol. The molecule has 3 N–H and O–H groups in total. The van der Waals surface area contributed by atoms with Gasteiger partial charge in [-0.3, -0.25) is 0 Å². The summed E-state index contributed by atoms with van der Waals surface area (Å²) >= 11 is 8.73. The first-order valence-corrected chi connectivity index (χ1v) is 8.29. The van der Waals surface area contributed by atoms with Crippen molar-refractivity contribution in [1.82, 2.24) is 0 Å². The summed E-state index contributed by atoms with van der Waals surface area (Å²) in [4.78, 5) is 0.411. The van der Waals surface area contributed by atoms with Crippen LogP contribution in [0.4, 0.5) is 5.69 Å². The van der Waals surface area contributed by atoms with Crippen molar-refractivity contribution in [1.29, 1.82) is 0 Å². The van der Waals surface area contributed by atoms with E-state index in [1.165, 1.54) is 17.5 Å². The number of hydrogen-bond acceptors (Lipinski definition) is 2. The van der Waals surface area contributed by atoms with E-state index in [1.54, 1.807) is 0 Å². The molecular weight excluding hydrogens is 344 g/mol. The number of benzene rings is 2. The van der Waals surface area contributed by atoms with E-state index in [4.69, 9.17) is 18.0 Å². The Morgan fingerprint density at radius 1 is 1.19 bits per heavy atom. The SMILES string of the molecule is NC(=S)c1c(Br)cccc1NC1CCCc2ccccc21. The molecule has 4 heteroatoms. The zero-order valence-corrected chi connectivity index (χ0v) is 14.0. The summed E-state index contributed by atoms with van der Waals surface area (Å²) in [6, 6.07) is 15.0. The van der Waals surface area contributed by atoms with Gasteiger partial charge in [0.05, 0.1) is 6.04 Å². The van der Waals surface area contributed by atoms with Crippen LogP contribution in [0, 0.1) is 0 Å². The Kier molecular flexibility index (Phi) is 4.27. The molecule has 3 rings (SSSR count). The van der Waals surface area contributed by atoms with Crippen LogP contribution in [0.15, 0.2) is 46.9 Å². The highest BCUT2D eigenvalue weighted by Crippen LogP contribution is 2.34. The number of hydrogen-bond donors (Lipinski definition) is 2. The lowest BCUT2D eigenvalue weighted by molar-refractivity contribution is 0.600. The molecule has 0 spiro atoms. The number of halogens is 1.